The molecule has 30 heavy (non-hydrogen) atoms. The topological polar surface area (TPSA) is 87.0 Å². The number of rotatable bonds is 9. The van der Waals surface area contributed by atoms with Gasteiger partial charge in [-0.2, -0.15) is 0 Å². The van der Waals surface area contributed by atoms with Gasteiger partial charge in [-0.3, -0.25) is 4.79 Å². The molecule has 3 rings (SSSR count). The van der Waals surface area contributed by atoms with Crippen molar-refractivity contribution in [3.05, 3.63) is 47.8 Å². The van der Waals surface area contributed by atoms with Gasteiger partial charge in [0.2, 0.25) is 0 Å². The van der Waals surface area contributed by atoms with Crippen LogP contribution in [-0.4, -0.2) is 46.2 Å². The van der Waals surface area contributed by atoms with Gasteiger partial charge in [-0.15, -0.1) is 0 Å². The lowest BCUT2D eigenvalue weighted by Gasteiger charge is -2.21. The highest BCUT2D eigenvalue weighted by molar-refractivity contribution is 5.66. The van der Waals surface area contributed by atoms with E-state index < -0.39 is 18.2 Å². The van der Waals surface area contributed by atoms with Gasteiger partial charge in [0.1, 0.15) is 5.82 Å². The highest BCUT2D eigenvalue weighted by atomic mass is 19.1. The molecule has 6 atom stereocenters. The summed E-state index contributed by atoms with van der Waals surface area (Å²) < 4.78 is 19.8. The Morgan fingerprint density at radius 2 is 2.10 bits per heavy atom. The van der Waals surface area contributed by atoms with Crippen molar-refractivity contribution in [3.8, 4) is 0 Å². The van der Waals surface area contributed by atoms with Crippen molar-refractivity contribution in [2.45, 2.75) is 69.7 Å². The molecule has 6 heteroatoms. The van der Waals surface area contributed by atoms with Gasteiger partial charge < -0.3 is 20.1 Å². The molecular weight excluding hydrogens is 387 g/mol. The molecule has 0 aromatic heterocycles. The van der Waals surface area contributed by atoms with Crippen LogP contribution >= 0.6 is 0 Å². The second-order valence-electron chi connectivity index (χ2n) is 8.73. The summed E-state index contributed by atoms with van der Waals surface area (Å²) >= 11 is 0. The number of benzene rings is 1. The lowest BCUT2D eigenvalue weighted by atomic mass is 9.86. The van der Waals surface area contributed by atoms with E-state index >= 15 is 0 Å². The SMILES string of the molecule is O=C(O)CCC[C@H]1CC[C@@H]2[C@@H](/C=C/[C@H](O)CCc3ccccc3F)[C@H](O)C[C@@H]2OC1. The summed E-state index contributed by atoms with van der Waals surface area (Å²) in [6, 6.07) is 6.59. The minimum absolute atomic E-state index is 0.00896. The maximum Gasteiger partial charge on any atom is 0.303 e. The molecule has 0 unspecified atom stereocenters. The quantitative estimate of drug-likeness (QED) is 0.530. The van der Waals surface area contributed by atoms with Crippen LogP contribution in [0, 0.1) is 23.6 Å². The number of fused-ring (bicyclic) bond motifs is 1. The summed E-state index contributed by atoms with van der Waals surface area (Å²) in [5, 5.41) is 29.6. The van der Waals surface area contributed by atoms with Gasteiger partial charge in [0.25, 0.3) is 0 Å². The molecule has 1 saturated heterocycles. The van der Waals surface area contributed by atoms with Crippen molar-refractivity contribution in [3.63, 3.8) is 0 Å². The van der Waals surface area contributed by atoms with E-state index in [0.717, 1.165) is 19.3 Å². The molecular formula is C24H33FO5. The second kappa shape index (κ2) is 11.0. The van der Waals surface area contributed by atoms with E-state index in [1.807, 2.05) is 6.08 Å². The summed E-state index contributed by atoms with van der Waals surface area (Å²) in [6.07, 6.45) is 7.55. The minimum Gasteiger partial charge on any atom is -0.481 e. The molecule has 1 aromatic carbocycles. The van der Waals surface area contributed by atoms with Crippen molar-refractivity contribution < 1.29 is 29.2 Å². The molecule has 2 fully saturated rings. The smallest absolute Gasteiger partial charge is 0.303 e. The van der Waals surface area contributed by atoms with Crippen LogP contribution in [0.2, 0.25) is 0 Å². The average Bonchev–Trinajstić information content (AvgIpc) is 2.87. The van der Waals surface area contributed by atoms with E-state index in [1.165, 1.54) is 6.07 Å². The van der Waals surface area contributed by atoms with Crippen LogP contribution in [0.4, 0.5) is 4.39 Å². The van der Waals surface area contributed by atoms with Crippen molar-refractivity contribution >= 4 is 5.97 Å². The Morgan fingerprint density at radius 1 is 1.30 bits per heavy atom. The number of carboxylic acid groups (broad SMARTS) is 1. The first-order chi connectivity index (χ1) is 14.4. The molecule has 0 amide bonds. The van der Waals surface area contributed by atoms with Crippen LogP contribution in [0.5, 0.6) is 0 Å². The summed E-state index contributed by atoms with van der Waals surface area (Å²) in [4.78, 5) is 10.7. The summed E-state index contributed by atoms with van der Waals surface area (Å²) in [6.45, 7) is 0.620. The van der Waals surface area contributed by atoms with E-state index in [-0.39, 0.29) is 30.2 Å². The molecule has 0 bridgehead atoms. The Morgan fingerprint density at radius 3 is 2.87 bits per heavy atom. The van der Waals surface area contributed by atoms with Crippen molar-refractivity contribution in [1.29, 1.82) is 0 Å². The monoisotopic (exact) mass is 420 g/mol. The first-order valence-corrected chi connectivity index (χ1v) is 11.0. The number of carbonyl (C=O) groups is 1. The maximum absolute atomic E-state index is 13.7. The first kappa shape index (κ1) is 22.9. The van der Waals surface area contributed by atoms with Gasteiger partial charge in [0, 0.05) is 25.4 Å². The van der Waals surface area contributed by atoms with E-state index in [2.05, 4.69) is 0 Å². The number of aliphatic hydroxyl groups is 2. The zero-order valence-electron chi connectivity index (χ0n) is 17.3. The number of aryl methyl sites for hydroxylation is 1. The summed E-state index contributed by atoms with van der Waals surface area (Å²) in [7, 11) is 0. The number of aliphatic hydroxyl groups excluding tert-OH is 2. The number of carboxylic acids is 1. The molecule has 1 aliphatic heterocycles. The van der Waals surface area contributed by atoms with Crippen LogP contribution in [0.15, 0.2) is 36.4 Å². The number of hydrogen-bond acceptors (Lipinski definition) is 4. The predicted octanol–water partition coefficient (Wildman–Crippen LogP) is 3.72. The Labute approximate surface area is 177 Å². The molecule has 166 valence electrons. The summed E-state index contributed by atoms with van der Waals surface area (Å²) in [5.74, 6) is -0.502. The second-order valence-corrected chi connectivity index (χ2v) is 8.73. The first-order valence-electron chi connectivity index (χ1n) is 11.0. The van der Waals surface area contributed by atoms with E-state index in [1.54, 1.807) is 24.3 Å². The van der Waals surface area contributed by atoms with Crippen molar-refractivity contribution in [1.82, 2.24) is 0 Å². The normalized spacial score (nSPS) is 30.2. The molecule has 3 N–H and O–H groups in total. The highest BCUT2D eigenvalue weighted by Crippen LogP contribution is 2.42. The number of halogens is 1. The Kier molecular flexibility index (Phi) is 8.42. The fourth-order valence-electron chi connectivity index (χ4n) is 4.84. The van der Waals surface area contributed by atoms with Gasteiger partial charge in [-0.05, 0) is 62.0 Å². The molecule has 0 radical (unpaired) electrons. The van der Waals surface area contributed by atoms with Crippen LogP contribution in [0.1, 0.15) is 50.5 Å². The van der Waals surface area contributed by atoms with Gasteiger partial charge in [0.05, 0.1) is 18.3 Å². The van der Waals surface area contributed by atoms with Crippen LogP contribution < -0.4 is 0 Å². The van der Waals surface area contributed by atoms with Gasteiger partial charge >= 0.3 is 5.97 Å². The molecule has 2 aliphatic rings. The Hall–Kier alpha value is -1.76. The van der Waals surface area contributed by atoms with Crippen molar-refractivity contribution in [2.24, 2.45) is 17.8 Å². The third-order valence-electron chi connectivity index (χ3n) is 6.57. The fourth-order valence-corrected chi connectivity index (χ4v) is 4.84. The van der Waals surface area contributed by atoms with E-state index in [9.17, 15) is 19.4 Å². The van der Waals surface area contributed by atoms with Gasteiger partial charge in [0.15, 0.2) is 0 Å². The van der Waals surface area contributed by atoms with Crippen LogP contribution in [0.25, 0.3) is 0 Å². The van der Waals surface area contributed by atoms with Crippen molar-refractivity contribution in [2.75, 3.05) is 6.61 Å². The number of aliphatic carboxylic acids is 1. The molecule has 5 nitrogen and oxygen atoms in total. The van der Waals surface area contributed by atoms with Crippen LogP contribution in [0.3, 0.4) is 0 Å². The largest absolute Gasteiger partial charge is 0.481 e. The lowest BCUT2D eigenvalue weighted by Crippen LogP contribution is -2.21. The number of hydrogen-bond donors (Lipinski definition) is 3. The van der Waals surface area contributed by atoms with Gasteiger partial charge in [-0.25, -0.2) is 4.39 Å². The zero-order chi connectivity index (χ0) is 21.5. The third kappa shape index (κ3) is 6.37. The molecule has 1 saturated carbocycles. The lowest BCUT2D eigenvalue weighted by molar-refractivity contribution is -0.137. The standard InChI is InChI=1S/C24H33FO5/c25-21-6-2-1-5-17(21)9-10-18(26)11-13-19-20-12-8-16(4-3-7-24(28)29)15-30-23(20)14-22(19)27/h1-2,5-6,11,13,16,18-20,22-23,26-27H,3-4,7-10,12,14-15H2,(H,28,29)/b13-11+/t16-,18+,19+,20+,22+,23-/m0/s1. The predicted molar refractivity (Wildman–Crippen MR) is 111 cm³/mol. The Balaban J connectivity index is 1.50. The third-order valence-corrected chi connectivity index (χ3v) is 6.57. The highest BCUT2D eigenvalue weighted by Gasteiger charge is 2.43. The van der Waals surface area contributed by atoms with Gasteiger partial charge in [-0.1, -0.05) is 30.4 Å². The molecule has 1 heterocycles. The minimum atomic E-state index is -0.761. The molecule has 1 aromatic rings. The molecule has 0 spiro atoms. The molecule has 1 aliphatic carbocycles. The number of ether oxygens (including phenoxy) is 1. The van der Waals surface area contributed by atoms with E-state index in [0.29, 0.717) is 43.8 Å². The summed E-state index contributed by atoms with van der Waals surface area (Å²) in [5.41, 5.74) is 0.594. The zero-order valence-corrected chi connectivity index (χ0v) is 17.3. The fraction of sp³-hybridized carbons (Fsp3) is 0.625. The average molecular weight is 421 g/mol. The Bertz CT molecular complexity index is 721. The maximum atomic E-state index is 13.7. The van der Waals surface area contributed by atoms with Crippen LogP contribution in [-0.2, 0) is 16.0 Å². The van der Waals surface area contributed by atoms with E-state index in [4.69, 9.17) is 9.84 Å².